The molecule has 3 fully saturated rings. The van der Waals surface area contributed by atoms with Crippen molar-refractivity contribution in [1.29, 1.82) is 0 Å². The van der Waals surface area contributed by atoms with Crippen LogP contribution in [0.1, 0.15) is 32.6 Å². The van der Waals surface area contributed by atoms with E-state index in [4.69, 9.17) is 0 Å². The molecule has 1 N–H and O–H groups in total. The molecule has 90 valence electrons. The number of rotatable bonds is 2. The first-order valence-corrected chi connectivity index (χ1v) is 6.60. The molecule has 4 heteroatoms. The predicted octanol–water partition coefficient (Wildman–Crippen LogP) is 0.391. The van der Waals surface area contributed by atoms with E-state index in [1.165, 1.54) is 32.4 Å². The number of carbonyl (C=O) groups is 1. The van der Waals surface area contributed by atoms with Gasteiger partial charge in [-0.15, -0.1) is 0 Å². The van der Waals surface area contributed by atoms with E-state index in [0.717, 1.165) is 6.42 Å². The minimum Gasteiger partial charge on any atom is -0.321 e. The van der Waals surface area contributed by atoms with Crippen molar-refractivity contribution >= 4 is 5.91 Å². The van der Waals surface area contributed by atoms with Gasteiger partial charge in [0.1, 0.15) is 0 Å². The standard InChI is InChI=1S/C12H21N3O/c1-2-11-13-8-12(16)15(11)10-5-7-14-6-3-4-9(10)14/h9-11,13H,2-8H2,1H3. The van der Waals surface area contributed by atoms with Gasteiger partial charge in [-0.05, 0) is 32.2 Å². The number of nitrogens with zero attached hydrogens (tertiary/aromatic N) is 2. The summed E-state index contributed by atoms with van der Waals surface area (Å²) in [5, 5.41) is 3.32. The highest BCUT2D eigenvalue weighted by Gasteiger charge is 2.45. The second-order valence-electron chi connectivity index (χ2n) is 5.21. The Morgan fingerprint density at radius 2 is 2.19 bits per heavy atom. The summed E-state index contributed by atoms with van der Waals surface area (Å²) in [6.45, 7) is 5.13. The van der Waals surface area contributed by atoms with E-state index in [2.05, 4.69) is 22.0 Å². The Kier molecular flexibility index (Phi) is 2.64. The van der Waals surface area contributed by atoms with Gasteiger partial charge in [-0.3, -0.25) is 15.0 Å². The first-order chi connectivity index (χ1) is 7.81. The molecule has 3 aliphatic rings. The normalized spacial score (nSPS) is 39.7. The lowest BCUT2D eigenvalue weighted by Crippen LogP contribution is -2.49. The van der Waals surface area contributed by atoms with Gasteiger partial charge in [0.15, 0.2) is 0 Å². The summed E-state index contributed by atoms with van der Waals surface area (Å²) in [6, 6.07) is 1.13. The fourth-order valence-electron chi connectivity index (χ4n) is 3.71. The number of hydrogen-bond acceptors (Lipinski definition) is 3. The Morgan fingerprint density at radius 3 is 3.00 bits per heavy atom. The Bertz CT molecular complexity index is 294. The maximum Gasteiger partial charge on any atom is 0.238 e. The number of amides is 1. The van der Waals surface area contributed by atoms with Gasteiger partial charge >= 0.3 is 0 Å². The lowest BCUT2D eigenvalue weighted by molar-refractivity contribution is -0.130. The highest BCUT2D eigenvalue weighted by molar-refractivity contribution is 5.81. The van der Waals surface area contributed by atoms with Crippen LogP contribution in [0.25, 0.3) is 0 Å². The fourth-order valence-corrected chi connectivity index (χ4v) is 3.71. The first kappa shape index (κ1) is 10.5. The third kappa shape index (κ3) is 1.47. The molecule has 0 aromatic rings. The quantitative estimate of drug-likeness (QED) is 0.735. The van der Waals surface area contributed by atoms with Crippen LogP contribution in [0.2, 0.25) is 0 Å². The van der Waals surface area contributed by atoms with Crippen LogP contribution in [0.15, 0.2) is 0 Å². The van der Waals surface area contributed by atoms with Gasteiger partial charge in [-0.1, -0.05) is 6.92 Å². The van der Waals surface area contributed by atoms with E-state index in [0.29, 0.717) is 24.5 Å². The molecule has 0 saturated carbocycles. The van der Waals surface area contributed by atoms with Crippen LogP contribution in [0, 0.1) is 0 Å². The third-order valence-electron chi connectivity index (χ3n) is 4.43. The zero-order chi connectivity index (χ0) is 11.1. The fraction of sp³-hybridized carbons (Fsp3) is 0.917. The lowest BCUT2D eigenvalue weighted by Gasteiger charge is -2.33. The molecule has 0 aromatic carbocycles. The lowest BCUT2D eigenvalue weighted by atomic mass is 10.0. The summed E-state index contributed by atoms with van der Waals surface area (Å²) in [6.07, 6.45) is 5.08. The molecular weight excluding hydrogens is 202 g/mol. The first-order valence-electron chi connectivity index (χ1n) is 6.60. The molecule has 16 heavy (non-hydrogen) atoms. The second-order valence-corrected chi connectivity index (χ2v) is 5.21. The Labute approximate surface area is 97.0 Å². The van der Waals surface area contributed by atoms with Gasteiger partial charge in [0.2, 0.25) is 5.91 Å². The molecule has 0 radical (unpaired) electrons. The van der Waals surface area contributed by atoms with Crippen molar-refractivity contribution in [2.75, 3.05) is 19.6 Å². The van der Waals surface area contributed by atoms with Gasteiger partial charge in [-0.25, -0.2) is 0 Å². The van der Waals surface area contributed by atoms with Crippen LogP contribution in [-0.4, -0.2) is 53.6 Å². The summed E-state index contributed by atoms with van der Waals surface area (Å²) >= 11 is 0. The molecule has 1 amide bonds. The zero-order valence-corrected chi connectivity index (χ0v) is 9.98. The Balaban J connectivity index is 1.78. The molecule has 0 aromatic heterocycles. The number of carbonyl (C=O) groups excluding carboxylic acids is 1. The van der Waals surface area contributed by atoms with Gasteiger partial charge < -0.3 is 4.90 Å². The summed E-state index contributed by atoms with van der Waals surface area (Å²) in [5.41, 5.74) is 0. The zero-order valence-electron chi connectivity index (χ0n) is 9.98. The van der Waals surface area contributed by atoms with Crippen LogP contribution in [0.4, 0.5) is 0 Å². The molecule has 3 aliphatic heterocycles. The average molecular weight is 223 g/mol. The largest absolute Gasteiger partial charge is 0.321 e. The molecule has 0 aliphatic carbocycles. The highest BCUT2D eigenvalue weighted by Crippen LogP contribution is 2.33. The van der Waals surface area contributed by atoms with E-state index >= 15 is 0 Å². The van der Waals surface area contributed by atoms with Crippen molar-refractivity contribution in [2.45, 2.75) is 50.9 Å². The molecule has 4 nitrogen and oxygen atoms in total. The van der Waals surface area contributed by atoms with Crippen molar-refractivity contribution < 1.29 is 4.79 Å². The molecule has 0 bridgehead atoms. The van der Waals surface area contributed by atoms with Crippen LogP contribution >= 0.6 is 0 Å². The minimum absolute atomic E-state index is 0.290. The summed E-state index contributed by atoms with van der Waals surface area (Å²) in [4.78, 5) is 16.7. The van der Waals surface area contributed by atoms with Crippen molar-refractivity contribution in [3.63, 3.8) is 0 Å². The van der Waals surface area contributed by atoms with Crippen molar-refractivity contribution in [3.8, 4) is 0 Å². The maximum absolute atomic E-state index is 12.0. The predicted molar refractivity (Wildman–Crippen MR) is 61.9 cm³/mol. The van der Waals surface area contributed by atoms with E-state index in [1.807, 2.05) is 0 Å². The van der Waals surface area contributed by atoms with E-state index in [1.54, 1.807) is 0 Å². The summed E-state index contributed by atoms with van der Waals surface area (Å²) in [7, 11) is 0. The van der Waals surface area contributed by atoms with Gasteiger partial charge in [0.25, 0.3) is 0 Å². The van der Waals surface area contributed by atoms with Crippen LogP contribution < -0.4 is 5.32 Å². The summed E-state index contributed by atoms with van der Waals surface area (Å²) in [5.74, 6) is 0.311. The monoisotopic (exact) mass is 223 g/mol. The molecule has 3 unspecified atom stereocenters. The van der Waals surface area contributed by atoms with Crippen LogP contribution in [0.3, 0.4) is 0 Å². The number of hydrogen-bond donors (Lipinski definition) is 1. The Morgan fingerprint density at radius 1 is 1.31 bits per heavy atom. The van der Waals surface area contributed by atoms with Crippen molar-refractivity contribution in [3.05, 3.63) is 0 Å². The maximum atomic E-state index is 12.0. The molecule has 3 saturated heterocycles. The second kappa shape index (κ2) is 4.00. The topological polar surface area (TPSA) is 35.6 Å². The Hall–Kier alpha value is -0.610. The van der Waals surface area contributed by atoms with Crippen molar-refractivity contribution in [2.24, 2.45) is 0 Å². The van der Waals surface area contributed by atoms with E-state index in [9.17, 15) is 4.79 Å². The van der Waals surface area contributed by atoms with Crippen LogP contribution in [-0.2, 0) is 4.79 Å². The molecule has 3 heterocycles. The molecule has 0 spiro atoms. The molecule has 3 atom stereocenters. The van der Waals surface area contributed by atoms with Crippen LogP contribution in [0.5, 0.6) is 0 Å². The summed E-state index contributed by atoms with van der Waals surface area (Å²) < 4.78 is 0. The van der Waals surface area contributed by atoms with E-state index < -0.39 is 0 Å². The van der Waals surface area contributed by atoms with E-state index in [-0.39, 0.29) is 6.17 Å². The van der Waals surface area contributed by atoms with Gasteiger partial charge in [-0.2, -0.15) is 0 Å². The smallest absolute Gasteiger partial charge is 0.238 e. The minimum atomic E-state index is 0.290. The van der Waals surface area contributed by atoms with Crippen molar-refractivity contribution in [1.82, 2.24) is 15.1 Å². The van der Waals surface area contributed by atoms with Gasteiger partial charge in [0.05, 0.1) is 18.8 Å². The average Bonchev–Trinajstić information content (AvgIpc) is 2.92. The number of fused-ring (bicyclic) bond motifs is 1. The highest BCUT2D eigenvalue weighted by atomic mass is 16.2. The third-order valence-corrected chi connectivity index (χ3v) is 4.43. The molecular formula is C12H21N3O. The van der Waals surface area contributed by atoms with Gasteiger partial charge in [0, 0.05) is 12.6 Å². The number of nitrogens with one attached hydrogen (secondary N) is 1. The SMILES string of the molecule is CCC1NCC(=O)N1C1CCN2CCCC12. The molecule has 3 rings (SSSR count).